The molecule has 1 N–H and O–H groups in total. The Morgan fingerprint density at radius 1 is 0.909 bits per heavy atom. The lowest BCUT2D eigenvalue weighted by molar-refractivity contribution is -0.121. The predicted molar refractivity (Wildman–Crippen MR) is 97.2 cm³/mol. The standard InChI is InChI=1S/C19H38N2O/c1-4-5-6-7-8-11-14-17-20-19(22)16-13-10-9-12-15-18-21(2)3/h11,14H,4-10,12-13,15-18H2,1-3H3,(H,20,22). The number of nitrogens with one attached hydrogen (secondary N) is 1. The van der Waals surface area contributed by atoms with Crippen molar-refractivity contribution in [2.24, 2.45) is 0 Å². The van der Waals surface area contributed by atoms with Crippen molar-refractivity contribution in [3.05, 3.63) is 12.2 Å². The van der Waals surface area contributed by atoms with E-state index in [4.69, 9.17) is 0 Å². The fourth-order valence-corrected chi connectivity index (χ4v) is 2.40. The molecular formula is C19H38N2O. The number of amides is 1. The van der Waals surface area contributed by atoms with E-state index in [1.54, 1.807) is 0 Å². The molecule has 130 valence electrons. The number of hydrogen-bond acceptors (Lipinski definition) is 2. The van der Waals surface area contributed by atoms with Crippen LogP contribution in [0.25, 0.3) is 0 Å². The first-order chi connectivity index (χ1) is 10.7. The highest BCUT2D eigenvalue weighted by molar-refractivity contribution is 5.75. The summed E-state index contributed by atoms with van der Waals surface area (Å²) in [6.07, 6.45) is 17.3. The molecule has 0 aliphatic rings. The summed E-state index contributed by atoms with van der Waals surface area (Å²) in [5.41, 5.74) is 0. The molecule has 0 heterocycles. The van der Waals surface area contributed by atoms with E-state index >= 15 is 0 Å². The van der Waals surface area contributed by atoms with Crippen LogP contribution >= 0.6 is 0 Å². The summed E-state index contributed by atoms with van der Waals surface area (Å²) in [4.78, 5) is 13.9. The molecule has 3 heteroatoms. The van der Waals surface area contributed by atoms with Gasteiger partial charge in [-0.25, -0.2) is 0 Å². The van der Waals surface area contributed by atoms with E-state index in [2.05, 4.69) is 43.4 Å². The third-order valence-corrected chi connectivity index (χ3v) is 3.82. The summed E-state index contributed by atoms with van der Waals surface area (Å²) in [7, 11) is 4.23. The van der Waals surface area contributed by atoms with Crippen LogP contribution in [0.5, 0.6) is 0 Å². The van der Waals surface area contributed by atoms with Crippen LogP contribution < -0.4 is 5.32 Å². The molecule has 3 nitrogen and oxygen atoms in total. The van der Waals surface area contributed by atoms with E-state index in [1.807, 2.05) is 0 Å². The number of carbonyl (C=O) groups excluding carboxylic acids is 1. The average Bonchev–Trinajstić information content (AvgIpc) is 2.48. The van der Waals surface area contributed by atoms with Crippen LogP contribution in [0.1, 0.15) is 77.6 Å². The van der Waals surface area contributed by atoms with Crippen molar-refractivity contribution >= 4 is 5.91 Å². The molecule has 0 atom stereocenters. The van der Waals surface area contributed by atoms with Crippen LogP contribution in [-0.2, 0) is 4.79 Å². The maximum atomic E-state index is 11.6. The second-order valence-corrected chi connectivity index (χ2v) is 6.45. The summed E-state index contributed by atoms with van der Waals surface area (Å²) >= 11 is 0. The van der Waals surface area contributed by atoms with E-state index in [0.717, 1.165) is 12.8 Å². The van der Waals surface area contributed by atoms with E-state index in [-0.39, 0.29) is 5.91 Å². The number of allylic oxidation sites excluding steroid dienone is 1. The highest BCUT2D eigenvalue weighted by Crippen LogP contribution is 2.06. The molecule has 0 aromatic heterocycles. The number of nitrogens with zero attached hydrogens (tertiary/aromatic N) is 1. The smallest absolute Gasteiger partial charge is 0.220 e. The molecule has 0 rings (SSSR count). The number of hydrogen-bond donors (Lipinski definition) is 1. The van der Waals surface area contributed by atoms with E-state index < -0.39 is 0 Å². The van der Waals surface area contributed by atoms with Gasteiger partial charge in [-0.3, -0.25) is 4.79 Å². The maximum Gasteiger partial charge on any atom is 0.220 e. The Labute approximate surface area is 138 Å². The fourth-order valence-electron chi connectivity index (χ4n) is 2.40. The second kappa shape index (κ2) is 16.5. The van der Waals surface area contributed by atoms with Crippen molar-refractivity contribution in [3.8, 4) is 0 Å². The van der Waals surface area contributed by atoms with Crippen LogP contribution in [0.2, 0.25) is 0 Å². The zero-order chi connectivity index (χ0) is 16.5. The molecule has 0 aliphatic carbocycles. The molecule has 0 aliphatic heterocycles. The first-order valence-electron chi connectivity index (χ1n) is 9.23. The Kier molecular flexibility index (Phi) is 15.9. The lowest BCUT2D eigenvalue weighted by atomic mass is 10.1. The third-order valence-electron chi connectivity index (χ3n) is 3.82. The van der Waals surface area contributed by atoms with Gasteiger partial charge in [-0.05, 0) is 46.3 Å². The Bertz CT molecular complexity index is 275. The third kappa shape index (κ3) is 17.2. The topological polar surface area (TPSA) is 32.3 Å². The molecule has 0 saturated heterocycles. The molecular weight excluding hydrogens is 272 g/mol. The van der Waals surface area contributed by atoms with Crippen molar-refractivity contribution in [2.45, 2.75) is 77.6 Å². The van der Waals surface area contributed by atoms with Crippen LogP contribution in [-0.4, -0.2) is 38.0 Å². The summed E-state index contributed by atoms with van der Waals surface area (Å²) < 4.78 is 0. The minimum Gasteiger partial charge on any atom is -0.353 e. The molecule has 0 bridgehead atoms. The number of carbonyl (C=O) groups is 1. The van der Waals surface area contributed by atoms with Gasteiger partial charge in [0.2, 0.25) is 5.91 Å². The Morgan fingerprint density at radius 3 is 2.32 bits per heavy atom. The first kappa shape index (κ1) is 21.2. The van der Waals surface area contributed by atoms with Crippen molar-refractivity contribution in [3.63, 3.8) is 0 Å². The van der Waals surface area contributed by atoms with E-state index in [1.165, 1.54) is 57.9 Å². The minimum absolute atomic E-state index is 0.198. The van der Waals surface area contributed by atoms with Crippen LogP contribution in [0.4, 0.5) is 0 Å². The van der Waals surface area contributed by atoms with Crippen LogP contribution in [0.15, 0.2) is 12.2 Å². The predicted octanol–water partition coefficient (Wildman–Crippen LogP) is 4.53. The molecule has 0 aromatic rings. The highest BCUT2D eigenvalue weighted by atomic mass is 16.1. The molecule has 0 fully saturated rings. The summed E-state index contributed by atoms with van der Waals surface area (Å²) in [6.45, 7) is 4.09. The van der Waals surface area contributed by atoms with Crippen molar-refractivity contribution < 1.29 is 4.79 Å². The van der Waals surface area contributed by atoms with Crippen molar-refractivity contribution in [1.29, 1.82) is 0 Å². The highest BCUT2D eigenvalue weighted by Gasteiger charge is 1.99. The quantitative estimate of drug-likeness (QED) is 0.356. The SMILES string of the molecule is CCCCCCC=CCNC(=O)CCCCCCCN(C)C. The second-order valence-electron chi connectivity index (χ2n) is 6.45. The molecule has 0 unspecified atom stereocenters. The van der Waals surface area contributed by atoms with E-state index in [9.17, 15) is 4.79 Å². The lowest BCUT2D eigenvalue weighted by Gasteiger charge is -2.08. The van der Waals surface area contributed by atoms with Gasteiger partial charge in [0.1, 0.15) is 0 Å². The number of rotatable bonds is 15. The molecule has 0 radical (unpaired) electrons. The van der Waals surface area contributed by atoms with Gasteiger partial charge in [0, 0.05) is 13.0 Å². The van der Waals surface area contributed by atoms with Crippen LogP contribution in [0, 0.1) is 0 Å². The molecule has 0 spiro atoms. The fraction of sp³-hybridized carbons (Fsp3) is 0.842. The zero-order valence-corrected chi connectivity index (χ0v) is 15.2. The summed E-state index contributed by atoms with van der Waals surface area (Å²) in [5, 5.41) is 2.97. The van der Waals surface area contributed by atoms with Gasteiger partial charge in [-0.2, -0.15) is 0 Å². The van der Waals surface area contributed by atoms with E-state index in [0.29, 0.717) is 13.0 Å². The zero-order valence-electron chi connectivity index (χ0n) is 15.2. The maximum absolute atomic E-state index is 11.6. The van der Waals surface area contributed by atoms with Gasteiger partial charge in [-0.1, -0.05) is 57.6 Å². The summed E-state index contributed by atoms with van der Waals surface area (Å²) in [5.74, 6) is 0.198. The van der Waals surface area contributed by atoms with Gasteiger partial charge in [-0.15, -0.1) is 0 Å². The Balaban J connectivity index is 3.27. The van der Waals surface area contributed by atoms with Crippen molar-refractivity contribution in [1.82, 2.24) is 10.2 Å². The molecule has 0 saturated carbocycles. The molecule has 0 aromatic carbocycles. The summed E-state index contributed by atoms with van der Waals surface area (Å²) in [6, 6.07) is 0. The monoisotopic (exact) mass is 310 g/mol. The molecule has 22 heavy (non-hydrogen) atoms. The van der Waals surface area contributed by atoms with Gasteiger partial charge >= 0.3 is 0 Å². The number of unbranched alkanes of at least 4 members (excludes halogenated alkanes) is 8. The normalized spacial score (nSPS) is 11.5. The average molecular weight is 311 g/mol. The van der Waals surface area contributed by atoms with Gasteiger partial charge in [0.05, 0.1) is 0 Å². The van der Waals surface area contributed by atoms with Gasteiger partial charge in [0.15, 0.2) is 0 Å². The van der Waals surface area contributed by atoms with Gasteiger partial charge in [0.25, 0.3) is 0 Å². The Hall–Kier alpha value is -0.830. The lowest BCUT2D eigenvalue weighted by Crippen LogP contribution is -2.22. The molecule has 1 amide bonds. The first-order valence-corrected chi connectivity index (χ1v) is 9.23. The van der Waals surface area contributed by atoms with Crippen molar-refractivity contribution in [2.75, 3.05) is 27.2 Å². The van der Waals surface area contributed by atoms with Gasteiger partial charge < -0.3 is 10.2 Å². The minimum atomic E-state index is 0.198. The largest absolute Gasteiger partial charge is 0.353 e. The van der Waals surface area contributed by atoms with Crippen LogP contribution in [0.3, 0.4) is 0 Å². The Morgan fingerprint density at radius 2 is 1.59 bits per heavy atom.